The van der Waals surface area contributed by atoms with Crippen molar-refractivity contribution in [3.8, 4) is 0 Å². The van der Waals surface area contributed by atoms with E-state index in [0.717, 1.165) is 39.7 Å². The van der Waals surface area contributed by atoms with Gasteiger partial charge in [-0.05, 0) is 32.4 Å². The zero-order valence-electron chi connectivity index (χ0n) is 18.6. The molecule has 2 unspecified atom stereocenters. The van der Waals surface area contributed by atoms with Crippen LogP contribution in [0.25, 0.3) is 5.03 Å². The molecule has 0 fully saturated rings. The van der Waals surface area contributed by atoms with Gasteiger partial charge in [-0.15, -0.1) is 22.0 Å². The summed E-state index contributed by atoms with van der Waals surface area (Å²) in [6.07, 6.45) is 0.925. The van der Waals surface area contributed by atoms with Gasteiger partial charge in [0.2, 0.25) is 0 Å². The number of aromatic nitrogens is 3. The van der Waals surface area contributed by atoms with Gasteiger partial charge in [-0.1, -0.05) is 46.6 Å². The second-order valence-corrected chi connectivity index (χ2v) is 10.9. The Morgan fingerprint density at radius 1 is 1.16 bits per heavy atom. The van der Waals surface area contributed by atoms with Crippen LogP contribution in [0.15, 0.2) is 34.8 Å². The largest absolute Gasteiger partial charge is 0.379 e. The molecule has 1 aromatic carbocycles. The predicted octanol–water partition coefficient (Wildman–Crippen LogP) is 5.37. The molecule has 0 saturated carbocycles. The van der Waals surface area contributed by atoms with Gasteiger partial charge in [-0.3, -0.25) is 9.56 Å². The van der Waals surface area contributed by atoms with E-state index in [1.165, 1.54) is 10.6 Å². The minimum Gasteiger partial charge on any atom is -0.379 e. The fourth-order valence-electron chi connectivity index (χ4n) is 4.11. The molecule has 9 heteroatoms. The molecular formula is C23H28BrClN4O2S. The number of benzene rings is 1. The molecule has 0 amide bonds. The molecule has 6 nitrogen and oxygen atoms in total. The van der Waals surface area contributed by atoms with Crippen LogP contribution in [0.1, 0.15) is 37.5 Å². The van der Waals surface area contributed by atoms with Crippen LogP contribution in [-0.4, -0.2) is 57.0 Å². The molecule has 172 valence electrons. The second kappa shape index (κ2) is 10.4. The second-order valence-electron chi connectivity index (χ2n) is 8.19. The Morgan fingerprint density at radius 2 is 1.88 bits per heavy atom. The molecule has 2 aliphatic rings. The molecular weight excluding hydrogens is 512 g/mol. The number of allylic oxidation sites excluding steroid dienone is 1. The summed E-state index contributed by atoms with van der Waals surface area (Å²) >= 11 is 11.4. The number of ether oxygens (including phenoxy) is 2. The summed E-state index contributed by atoms with van der Waals surface area (Å²) in [5.74, 6) is 2.05. The van der Waals surface area contributed by atoms with E-state index >= 15 is 0 Å². The van der Waals surface area contributed by atoms with E-state index < -0.39 is 0 Å². The SMILES string of the molecule is Cc1nnc2n1C1=C(C(c3ccc(Cl)cc3)=NC2)C(C)C(C)(CCOCCOCCBr)S1. The van der Waals surface area contributed by atoms with Gasteiger partial charge in [-0.2, -0.15) is 0 Å². The van der Waals surface area contributed by atoms with Crippen LogP contribution < -0.4 is 0 Å². The predicted molar refractivity (Wildman–Crippen MR) is 135 cm³/mol. The number of rotatable bonds is 9. The van der Waals surface area contributed by atoms with Gasteiger partial charge in [0.05, 0.1) is 30.6 Å². The van der Waals surface area contributed by atoms with E-state index in [1.54, 1.807) is 0 Å². The van der Waals surface area contributed by atoms with E-state index in [1.807, 2.05) is 43.0 Å². The van der Waals surface area contributed by atoms with Gasteiger partial charge in [0, 0.05) is 38.8 Å². The number of hydrogen-bond donors (Lipinski definition) is 0. The first-order valence-corrected chi connectivity index (χ1v) is 13.1. The number of fused-ring (bicyclic) bond motifs is 2. The maximum absolute atomic E-state index is 6.15. The van der Waals surface area contributed by atoms with Crippen LogP contribution in [-0.2, 0) is 16.0 Å². The summed E-state index contributed by atoms with van der Waals surface area (Å²) < 4.78 is 13.5. The lowest BCUT2D eigenvalue weighted by atomic mass is 9.82. The molecule has 2 aromatic rings. The van der Waals surface area contributed by atoms with Crippen molar-refractivity contribution >= 4 is 50.0 Å². The molecule has 2 atom stereocenters. The summed E-state index contributed by atoms with van der Waals surface area (Å²) in [6.45, 7) is 9.76. The average Bonchev–Trinajstić information content (AvgIpc) is 3.20. The normalized spacial score (nSPS) is 22.5. The van der Waals surface area contributed by atoms with E-state index in [2.05, 4.69) is 44.5 Å². The van der Waals surface area contributed by atoms with Crippen molar-refractivity contribution in [2.24, 2.45) is 10.9 Å². The smallest absolute Gasteiger partial charge is 0.159 e. The lowest BCUT2D eigenvalue weighted by Crippen LogP contribution is -2.30. The van der Waals surface area contributed by atoms with E-state index in [0.29, 0.717) is 33.0 Å². The molecule has 0 spiro atoms. The van der Waals surface area contributed by atoms with E-state index in [9.17, 15) is 0 Å². The Balaban J connectivity index is 1.58. The summed E-state index contributed by atoms with van der Waals surface area (Å²) in [5, 5.41) is 11.5. The summed E-state index contributed by atoms with van der Waals surface area (Å²) in [4.78, 5) is 5.00. The van der Waals surface area contributed by atoms with Gasteiger partial charge in [0.1, 0.15) is 12.4 Å². The first-order chi connectivity index (χ1) is 15.4. The zero-order chi connectivity index (χ0) is 22.7. The highest BCUT2D eigenvalue weighted by atomic mass is 79.9. The highest BCUT2D eigenvalue weighted by molar-refractivity contribution is 9.09. The van der Waals surface area contributed by atoms with Crippen molar-refractivity contribution in [3.05, 3.63) is 52.1 Å². The molecule has 0 radical (unpaired) electrons. The average molecular weight is 540 g/mol. The van der Waals surface area contributed by atoms with Crippen molar-refractivity contribution in [3.63, 3.8) is 0 Å². The lowest BCUT2D eigenvalue weighted by Gasteiger charge is -2.30. The molecule has 3 heterocycles. The Hall–Kier alpha value is -1.19. The minimum atomic E-state index is -0.0279. The van der Waals surface area contributed by atoms with Crippen molar-refractivity contribution in [1.29, 1.82) is 0 Å². The lowest BCUT2D eigenvalue weighted by molar-refractivity contribution is 0.0497. The van der Waals surface area contributed by atoms with Crippen molar-refractivity contribution < 1.29 is 9.47 Å². The molecule has 32 heavy (non-hydrogen) atoms. The molecule has 1 aromatic heterocycles. The van der Waals surface area contributed by atoms with Crippen LogP contribution in [0.4, 0.5) is 0 Å². The van der Waals surface area contributed by atoms with Crippen LogP contribution >= 0.6 is 39.3 Å². The quantitative estimate of drug-likeness (QED) is 0.317. The maximum Gasteiger partial charge on any atom is 0.159 e. The van der Waals surface area contributed by atoms with E-state index in [-0.39, 0.29) is 10.7 Å². The molecule has 0 N–H and O–H groups in total. The van der Waals surface area contributed by atoms with Crippen LogP contribution in [0.3, 0.4) is 0 Å². The minimum absolute atomic E-state index is 0.0279. The Labute approximate surface area is 207 Å². The third-order valence-electron chi connectivity index (χ3n) is 6.09. The number of aryl methyl sites for hydroxylation is 1. The summed E-state index contributed by atoms with van der Waals surface area (Å²) in [5.41, 5.74) is 3.35. The van der Waals surface area contributed by atoms with Crippen LogP contribution in [0.5, 0.6) is 0 Å². The zero-order valence-corrected chi connectivity index (χ0v) is 21.8. The first kappa shape index (κ1) is 24.0. The molecule has 0 saturated heterocycles. The van der Waals surface area contributed by atoms with Gasteiger partial charge in [-0.25, -0.2) is 0 Å². The van der Waals surface area contributed by atoms with Crippen LogP contribution in [0, 0.1) is 12.8 Å². The third kappa shape index (κ3) is 4.85. The van der Waals surface area contributed by atoms with Crippen molar-refractivity contribution in [2.45, 2.75) is 38.5 Å². The molecule has 2 aliphatic heterocycles. The number of thioether (sulfide) groups is 1. The topological polar surface area (TPSA) is 61.5 Å². The van der Waals surface area contributed by atoms with Gasteiger partial charge in [0.25, 0.3) is 0 Å². The highest BCUT2D eigenvalue weighted by Gasteiger charge is 2.46. The number of hydrogen-bond acceptors (Lipinski definition) is 6. The first-order valence-electron chi connectivity index (χ1n) is 10.8. The molecule has 0 aliphatic carbocycles. The van der Waals surface area contributed by atoms with Gasteiger partial charge in [0.15, 0.2) is 5.82 Å². The van der Waals surface area contributed by atoms with Crippen molar-refractivity contribution in [2.75, 3.05) is 31.8 Å². The fourth-order valence-corrected chi connectivity index (χ4v) is 6.10. The number of halogens is 2. The third-order valence-corrected chi connectivity index (χ3v) is 8.29. The molecule has 0 bridgehead atoms. The molecule has 4 rings (SSSR count). The van der Waals surface area contributed by atoms with E-state index in [4.69, 9.17) is 26.1 Å². The standard InChI is InChI=1S/C23H28BrClN4O2S/c1-15-20-21(17-4-6-18(25)7-5-17)26-14-19-28-27-16(2)29(19)22(20)32-23(15,3)8-10-30-12-13-31-11-9-24/h4-7,15H,8-14H2,1-3H3. The number of alkyl halides is 1. The van der Waals surface area contributed by atoms with Gasteiger partial charge < -0.3 is 9.47 Å². The van der Waals surface area contributed by atoms with Crippen LogP contribution in [0.2, 0.25) is 5.02 Å². The monoisotopic (exact) mass is 538 g/mol. The Morgan fingerprint density at radius 3 is 2.59 bits per heavy atom. The fraction of sp³-hybridized carbons (Fsp3) is 0.522. The number of nitrogens with zero attached hydrogens (tertiary/aromatic N) is 4. The van der Waals surface area contributed by atoms with Crippen molar-refractivity contribution in [1.82, 2.24) is 14.8 Å². The van der Waals surface area contributed by atoms with Gasteiger partial charge >= 0.3 is 0 Å². The summed E-state index contributed by atoms with van der Waals surface area (Å²) in [6, 6.07) is 7.95. The highest BCUT2D eigenvalue weighted by Crippen LogP contribution is 2.55. The Bertz CT molecular complexity index is 1020. The Kier molecular flexibility index (Phi) is 7.77. The maximum atomic E-state index is 6.15. The number of aliphatic imine (C=N–C) groups is 1. The summed E-state index contributed by atoms with van der Waals surface area (Å²) in [7, 11) is 0.